The summed E-state index contributed by atoms with van der Waals surface area (Å²) in [4.78, 5) is 10.7. The molecule has 0 heterocycles. The van der Waals surface area contributed by atoms with Crippen molar-refractivity contribution < 1.29 is 14.6 Å². The zero-order valence-corrected chi connectivity index (χ0v) is 11.3. The molecule has 0 spiro atoms. The molecule has 19 heavy (non-hydrogen) atoms. The number of carboxylic acid groups (broad SMARTS) is 1. The van der Waals surface area contributed by atoms with Gasteiger partial charge in [0.1, 0.15) is 5.75 Å². The Morgan fingerprint density at radius 3 is 2.79 bits per heavy atom. The van der Waals surface area contributed by atoms with E-state index < -0.39 is 5.97 Å². The summed E-state index contributed by atoms with van der Waals surface area (Å²) in [6.07, 6.45) is 7.94. The Labute approximate surface area is 114 Å². The van der Waals surface area contributed by atoms with Gasteiger partial charge in [-0.1, -0.05) is 44.2 Å². The fourth-order valence-corrected chi connectivity index (χ4v) is 2.74. The fraction of sp³-hybridized carbons (Fsp3) is 0.562. The van der Waals surface area contributed by atoms with Crippen molar-refractivity contribution in [2.45, 2.75) is 44.9 Å². The minimum absolute atomic E-state index is 0.0554. The van der Waals surface area contributed by atoms with Gasteiger partial charge in [0.25, 0.3) is 0 Å². The van der Waals surface area contributed by atoms with Gasteiger partial charge in [-0.25, -0.2) is 0 Å². The number of carbonyl (C=O) groups is 1. The second-order valence-electron chi connectivity index (χ2n) is 5.36. The third-order valence-electron chi connectivity index (χ3n) is 3.77. The van der Waals surface area contributed by atoms with E-state index in [1.54, 1.807) is 0 Å². The van der Waals surface area contributed by atoms with Gasteiger partial charge in [-0.15, -0.1) is 0 Å². The van der Waals surface area contributed by atoms with Gasteiger partial charge in [-0.3, -0.25) is 4.79 Å². The maximum absolute atomic E-state index is 10.7. The van der Waals surface area contributed by atoms with E-state index in [2.05, 4.69) is 0 Å². The standard InChI is InChI=1S/C16H22O3/c17-16(18)12-14-7-4-8-15(11-14)19-10-9-13-5-2-1-3-6-13/h4,7-8,11,13H,1-3,5-6,9-10,12H2,(H,17,18). The molecule has 1 aromatic rings. The zero-order chi connectivity index (χ0) is 13.5. The van der Waals surface area contributed by atoms with Crippen LogP contribution in [0.3, 0.4) is 0 Å². The molecule has 0 bridgehead atoms. The average Bonchev–Trinajstić information content (AvgIpc) is 2.40. The van der Waals surface area contributed by atoms with E-state index in [0.717, 1.165) is 30.3 Å². The Balaban J connectivity index is 1.77. The molecule has 0 unspecified atom stereocenters. The summed E-state index contributed by atoms with van der Waals surface area (Å²) in [5.74, 6) is 0.796. The van der Waals surface area contributed by atoms with Crippen LogP contribution < -0.4 is 4.74 Å². The second-order valence-corrected chi connectivity index (χ2v) is 5.36. The number of carboxylic acids is 1. The molecule has 3 heteroatoms. The zero-order valence-electron chi connectivity index (χ0n) is 11.3. The van der Waals surface area contributed by atoms with Crippen LogP contribution in [0.4, 0.5) is 0 Å². The lowest BCUT2D eigenvalue weighted by Gasteiger charge is -2.21. The molecule has 1 fully saturated rings. The molecule has 104 valence electrons. The third-order valence-corrected chi connectivity index (χ3v) is 3.77. The summed E-state index contributed by atoms with van der Waals surface area (Å²) < 4.78 is 5.74. The first-order chi connectivity index (χ1) is 9.24. The van der Waals surface area contributed by atoms with Crippen LogP contribution in [0, 0.1) is 5.92 Å². The molecule has 0 radical (unpaired) electrons. The molecule has 2 rings (SSSR count). The maximum Gasteiger partial charge on any atom is 0.307 e. The Hall–Kier alpha value is -1.51. The molecule has 0 amide bonds. The van der Waals surface area contributed by atoms with Gasteiger partial charge in [0.2, 0.25) is 0 Å². The van der Waals surface area contributed by atoms with Crippen LogP contribution in [0.2, 0.25) is 0 Å². The third kappa shape index (κ3) is 4.93. The van der Waals surface area contributed by atoms with Crippen molar-refractivity contribution in [3.05, 3.63) is 29.8 Å². The first-order valence-corrected chi connectivity index (χ1v) is 7.17. The van der Waals surface area contributed by atoms with Crippen molar-refractivity contribution in [3.8, 4) is 5.75 Å². The van der Waals surface area contributed by atoms with Crippen molar-refractivity contribution in [3.63, 3.8) is 0 Å². The summed E-state index contributed by atoms with van der Waals surface area (Å²) in [5, 5.41) is 8.76. The molecule has 0 aromatic heterocycles. The first kappa shape index (κ1) is 13.9. The quantitative estimate of drug-likeness (QED) is 0.851. The molecule has 3 nitrogen and oxygen atoms in total. The molecule has 0 aliphatic heterocycles. The highest BCUT2D eigenvalue weighted by Crippen LogP contribution is 2.26. The van der Waals surface area contributed by atoms with Crippen LogP contribution in [-0.4, -0.2) is 17.7 Å². The van der Waals surface area contributed by atoms with Crippen molar-refractivity contribution in [1.82, 2.24) is 0 Å². The number of hydrogen-bond donors (Lipinski definition) is 1. The normalized spacial score (nSPS) is 16.2. The van der Waals surface area contributed by atoms with Gasteiger partial charge in [0.05, 0.1) is 13.0 Å². The number of benzene rings is 1. The van der Waals surface area contributed by atoms with Crippen LogP contribution in [0.25, 0.3) is 0 Å². The highest BCUT2D eigenvalue weighted by Gasteiger charge is 2.13. The van der Waals surface area contributed by atoms with Gasteiger partial charge in [-0.2, -0.15) is 0 Å². The maximum atomic E-state index is 10.7. The number of hydrogen-bond acceptors (Lipinski definition) is 2. The molecule has 0 saturated heterocycles. The topological polar surface area (TPSA) is 46.5 Å². The first-order valence-electron chi connectivity index (χ1n) is 7.17. The number of aliphatic carboxylic acids is 1. The number of ether oxygens (including phenoxy) is 1. The SMILES string of the molecule is O=C(O)Cc1cccc(OCCC2CCCCC2)c1. The second kappa shape index (κ2) is 7.17. The lowest BCUT2D eigenvalue weighted by atomic mass is 9.87. The Kier molecular flexibility index (Phi) is 5.25. The predicted octanol–water partition coefficient (Wildman–Crippen LogP) is 3.66. The van der Waals surface area contributed by atoms with Crippen LogP contribution in [0.5, 0.6) is 5.75 Å². The van der Waals surface area contributed by atoms with Gasteiger partial charge >= 0.3 is 5.97 Å². The van der Waals surface area contributed by atoms with E-state index in [9.17, 15) is 4.79 Å². The molecular formula is C16H22O3. The lowest BCUT2D eigenvalue weighted by molar-refractivity contribution is -0.136. The van der Waals surface area contributed by atoms with E-state index >= 15 is 0 Å². The largest absolute Gasteiger partial charge is 0.494 e. The van der Waals surface area contributed by atoms with Crippen molar-refractivity contribution >= 4 is 5.97 Å². The minimum atomic E-state index is -0.806. The smallest absolute Gasteiger partial charge is 0.307 e. The Bertz CT molecular complexity index is 408. The van der Waals surface area contributed by atoms with Crippen LogP contribution >= 0.6 is 0 Å². The summed E-state index contributed by atoms with van der Waals surface area (Å²) in [7, 11) is 0. The van der Waals surface area contributed by atoms with Gasteiger partial charge < -0.3 is 9.84 Å². The Morgan fingerprint density at radius 2 is 2.05 bits per heavy atom. The molecule has 1 N–H and O–H groups in total. The summed E-state index contributed by atoms with van der Waals surface area (Å²) in [5.41, 5.74) is 0.794. The van der Waals surface area contributed by atoms with Crippen molar-refractivity contribution in [1.29, 1.82) is 0 Å². The van der Waals surface area contributed by atoms with Crippen LogP contribution in [0.1, 0.15) is 44.1 Å². The summed E-state index contributed by atoms with van der Waals surface area (Å²) >= 11 is 0. The van der Waals surface area contributed by atoms with Gasteiger partial charge in [-0.05, 0) is 30.0 Å². The highest BCUT2D eigenvalue weighted by molar-refractivity contribution is 5.70. The van der Waals surface area contributed by atoms with E-state index in [4.69, 9.17) is 9.84 Å². The molecule has 1 aliphatic carbocycles. The highest BCUT2D eigenvalue weighted by atomic mass is 16.5. The van der Waals surface area contributed by atoms with Crippen LogP contribution in [0.15, 0.2) is 24.3 Å². The Morgan fingerprint density at radius 1 is 1.26 bits per heavy atom. The van der Waals surface area contributed by atoms with Crippen molar-refractivity contribution in [2.75, 3.05) is 6.61 Å². The van der Waals surface area contributed by atoms with E-state index in [0.29, 0.717) is 0 Å². The van der Waals surface area contributed by atoms with Gasteiger partial charge in [0, 0.05) is 0 Å². The monoisotopic (exact) mass is 262 g/mol. The van der Waals surface area contributed by atoms with E-state index in [1.165, 1.54) is 32.1 Å². The van der Waals surface area contributed by atoms with Crippen molar-refractivity contribution in [2.24, 2.45) is 5.92 Å². The molecule has 1 saturated carbocycles. The van der Waals surface area contributed by atoms with Gasteiger partial charge in [0.15, 0.2) is 0 Å². The molecule has 0 atom stereocenters. The summed E-state index contributed by atoms with van der Waals surface area (Å²) in [6, 6.07) is 7.40. The summed E-state index contributed by atoms with van der Waals surface area (Å²) in [6.45, 7) is 0.737. The predicted molar refractivity (Wildman–Crippen MR) is 74.5 cm³/mol. The van der Waals surface area contributed by atoms with E-state index in [1.807, 2.05) is 24.3 Å². The minimum Gasteiger partial charge on any atom is -0.494 e. The molecular weight excluding hydrogens is 240 g/mol. The lowest BCUT2D eigenvalue weighted by Crippen LogP contribution is -2.10. The van der Waals surface area contributed by atoms with Crippen LogP contribution in [-0.2, 0) is 11.2 Å². The fourth-order valence-electron chi connectivity index (χ4n) is 2.74. The van der Waals surface area contributed by atoms with E-state index in [-0.39, 0.29) is 6.42 Å². The molecule has 1 aromatic carbocycles. The number of rotatable bonds is 6. The average molecular weight is 262 g/mol. The molecule has 1 aliphatic rings.